The first-order valence-electron chi connectivity index (χ1n) is 5.84. The number of oxime groups is 1. The lowest BCUT2D eigenvalue weighted by atomic mass is 10.1. The van der Waals surface area contributed by atoms with Crippen molar-refractivity contribution in [1.82, 2.24) is 0 Å². The highest BCUT2D eigenvalue weighted by Crippen LogP contribution is 2.22. The van der Waals surface area contributed by atoms with Gasteiger partial charge in [0.25, 0.3) is 11.7 Å². The molecule has 0 bridgehead atoms. The number of aliphatic hydroxyl groups is 1. The second-order valence-corrected chi connectivity index (χ2v) is 4.46. The SMILES string of the molecule is CC1(C)ON=C(c2ccc(COCCO)cc2)O1. The normalized spacial score (nSPS) is 16.9. The molecular formula is C13H17NO4. The molecule has 1 heterocycles. The number of aliphatic hydroxyl groups excluding tert-OH is 1. The third kappa shape index (κ3) is 3.21. The van der Waals surface area contributed by atoms with Crippen molar-refractivity contribution in [2.75, 3.05) is 13.2 Å². The number of benzene rings is 1. The fourth-order valence-electron chi connectivity index (χ4n) is 1.53. The van der Waals surface area contributed by atoms with E-state index in [1.54, 1.807) is 13.8 Å². The van der Waals surface area contributed by atoms with E-state index in [1.807, 2.05) is 24.3 Å². The van der Waals surface area contributed by atoms with Gasteiger partial charge in [0.1, 0.15) is 0 Å². The summed E-state index contributed by atoms with van der Waals surface area (Å²) in [6.45, 7) is 4.48. The Morgan fingerprint density at radius 3 is 2.56 bits per heavy atom. The Bertz CT molecular complexity index is 425. The molecule has 98 valence electrons. The Labute approximate surface area is 106 Å². The van der Waals surface area contributed by atoms with E-state index in [9.17, 15) is 0 Å². The molecule has 0 unspecified atom stereocenters. The minimum atomic E-state index is -0.696. The summed E-state index contributed by atoms with van der Waals surface area (Å²) in [4.78, 5) is 5.13. The summed E-state index contributed by atoms with van der Waals surface area (Å²) in [6, 6.07) is 7.68. The van der Waals surface area contributed by atoms with Crippen LogP contribution in [0.15, 0.2) is 29.4 Å². The fourth-order valence-corrected chi connectivity index (χ4v) is 1.53. The summed E-state index contributed by atoms with van der Waals surface area (Å²) >= 11 is 0. The summed E-state index contributed by atoms with van der Waals surface area (Å²) in [5, 5.41) is 12.5. The van der Waals surface area contributed by atoms with Gasteiger partial charge in [-0.1, -0.05) is 12.1 Å². The van der Waals surface area contributed by atoms with Crippen molar-refractivity contribution < 1.29 is 19.4 Å². The standard InChI is InChI=1S/C13H17NO4/c1-13(2)17-12(14-18-13)11-5-3-10(4-6-11)9-16-8-7-15/h3-6,15H,7-9H2,1-2H3. The van der Waals surface area contributed by atoms with Gasteiger partial charge in [-0.25, -0.2) is 0 Å². The molecule has 5 nitrogen and oxygen atoms in total. The topological polar surface area (TPSA) is 60.3 Å². The van der Waals surface area contributed by atoms with Gasteiger partial charge >= 0.3 is 0 Å². The number of rotatable bonds is 5. The van der Waals surface area contributed by atoms with Gasteiger partial charge < -0.3 is 19.4 Å². The summed E-state index contributed by atoms with van der Waals surface area (Å²) in [6.07, 6.45) is 0. The number of nitrogens with zero attached hydrogens (tertiary/aromatic N) is 1. The molecule has 0 radical (unpaired) electrons. The Balaban J connectivity index is 1.96. The van der Waals surface area contributed by atoms with Crippen molar-refractivity contribution in [2.45, 2.75) is 26.2 Å². The summed E-state index contributed by atoms with van der Waals surface area (Å²) in [5.74, 6) is -0.207. The van der Waals surface area contributed by atoms with Crippen LogP contribution in [0.25, 0.3) is 0 Å². The molecule has 0 spiro atoms. The average molecular weight is 251 g/mol. The molecule has 18 heavy (non-hydrogen) atoms. The van der Waals surface area contributed by atoms with Crippen LogP contribution >= 0.6 is 0 Å². The third-order valence-electron chi connectivity index (χ3n) is 2.40. The van der Waals surface area contributed by atoms with Gasteiger partial charge in [0.2, 0.25) is 0 Å². The van der Waals surface area contributed by atoms with Crippen molar-refractivity contribution >= 4 is 5.90 Å². The largest absolute Gasteiger partial charge is 0.431 e. The highest BCUT2D eigenvalue weighted by atomic mass is 16.8. The van der Waals surface area contributed by atoms with Gasteiger partial charge in [-0.15, -0.1) is 0 Å². The van der Waals surface area contributed by atoms with E-state index >= 15 is 0 Å². The molecule has 0 saturated heterocycles. The first-order valence-corrected chi connectivity index (χ1v) is 5.84. The van der Waals surface area contributed by atoms with Gasteiger partial charge in [-0.05, 0) is 22.9 Å². The predicted molar refractivity (Wildman–Crippen MR) is 66.0 cm³/mol. The van der Waals surface area contributed by atoms with Crippen molar-refractivity contribution in [1.29, 1.82) is 0 Å². The Morgan fingerprint density at radius 1 is 1.28 bits per heavy atom. The maximum absolute atomic E-state index is 8.61. The lowest BCUT2D eigenvalue weighted by molar-refractivity contribution is -0.128. The zero-order chi connectivity index (χ0) is 13.0. The van der Waals surface area contributed by atoms with Crippen LogP contribution in [0.5, 0.6) is 0 Å². The highest BCUT2D eigenvalue weighted by molar-refractivity contribution is 5.94. The van der Waals surface area contributed by atoms with Gasteiger partial charge in [0.15, 0.2) is 0 Å². The molecular weight excluding hydrogens is 234 g/mol. The zero-order valence-electron chi connectivity index (χ0n) is 10.5. The maximum atomic E-state index is 8.61. The van der Waals surface area contributed by atoms with Crippen LogP contribution in [0.4, 0.5) is 0 Å². The third-order valence-corrected chi connectivity index (χ3v) is 2.40. The minimum Gasteiger partial charge on any atom is -0.431 e. The molecule has 1 aliphatic rings. The molecule has 0 atom stereocenters. The molecule has 0 aliphatic carbocycles. The summed E-state index contributed by atoms with van der Waals surface area (Å²) in [7, 11) is 0. The minimum absolute atomic E-state index is 0.0369. The van der Waals surface area contributed by atoms with E-state index < -0.39 is 5.79 Å². The number of ether oxygens (including phenoxy) is 2. The fraction of sp³-hybridized carbons (Fsp3) is 0.462. The first-order chi connectivity index (χ1) is 8.61. The molecule has 1 aromatic rings. The lowest BCUT2D eigenvalue weighted by Gasteiger charge is -2.14. The van der Waals surface area contributed by atoms with Gasteiger partial charge in [-0.2, -0.15) is 0 Å². The van der Waals surface area contributed by atoms with E-state index in [2.05, 4.69) is 5.16 Å². The van der Waals surface area contributed by atoms with E-state index in [0.717, 1.165) is 11.1 Å². The van der Waals surface area contributed by atoms with Crippen molar-refractivity contribution in [3.63, 3.8) is 0 Å². The lowest BCUT2D eigenvalue weighted by Crippen LogP contribution is -2.22. The predicted octanol–water partition coefficient (Wildman–Crippen LogP) is 1.64. The molecule has 0 amide bonds. The zero-order valence-corrected chi connectivity index (χ0v) is 10.5. The van der Waals surface area contributed by atoms with Gasteiger partial charge in [-0.3, -0.25) is 0 Å². The molecule has 1 N–H and O–H groups in total. The number of hydrogen-bond donors (Lipinski definition) is 1. The molecule has 0 fully saturated rings. The van der Waals surface area contributed by atoms with Crippen molar-refractivity contribution in [2.24, 2.45) is 5.16 Å². The monoisotopic (exact) mass is 251 g/mol. The molecule has 1 aliphatic heterocycles. The van der Waals surface area contributed by atoms with Crippen LogP contribution in [0, 0.1) is 0 Å². The van der Waals surface area contributed by atoms with Crippen LogP contribution in [0.2, 0.25) is 0 Å². The Hall–Kier alpha value is -1.59. The van der Waals surface area contributed by atoms with E-state index in [0.29, 0.717) is 19.1 Å². The van der Waals surface area contributed by atoms with E-state index in [1.165, 1.54) is 0 Å². The highest BCUT2D eigenvalue weighted by Gasteiger charge is 2.30. The van der Waals surface area contributed by atoms with E-state index in [-0.39, 0.29) is 6.61 Å². The Morgan fingerprint density at radius 2 is 2.00 bits per heavy atom. The quantitative estimate of drug-likeness (QED) is 0.808. The molecule has 2 rings (SSSR count). The maximum Gasteiger partial charge on any atom is 0.271 e. The number of hydrogen-bond acceptors (Lipinski definition) is 5. The second-order valence-electron chi connectivity index (χ2n) is 4.46. The molecule has 0 saturated carbocycles. The summed E-state index contributed by atoms with van der Waals surface area (Å²) < 4.78 is 10.8. The second kappa shape index (κ2) is 5.37. The van der Waals surface area contributed by atoms with Gasteiger partial charge in [0, 0.05) is 19.4 Å². The Kier molecular flexibility index (Phi) is 3.84. The summed E-state index contributed by atoms with van der Waals surface area (Å²) in [5.41, 5.74) is 1.90. The smallest absolute Gasteiger partial charge is 0.271 e. The van der Waals surface area contributed by atoms with Crippen molar-refractivity contribution in [3.05, 3.63) is 35.4 Å². The molecule has 0 aromatic heterocycles. The first kappa shape index (κ1) is 12.9. The molecule has 5 heteroatoms. The van der Waals surface area contributed by atoms with Crippen LogP contribution in [-0.4, -0.2) is 30.0 Å². The van der Waals surface area contributed by atoms with Crippen molar-refractivity contribution in [3.8, 4) is 0 Å². The molecule has 1 aromatic carbocycles. The van der Waals surface area contributed by atoms with Gasteiger partial charge in [0.05, 0.1) is 19.8 Å². The van der Waals surface area contributed by atoms with Crippen LogP contribution in [0.3, 0.4) is 0 Å². The van der Waals surface area contributed by atoms with Crippen LogP contribution in [-0.2, 0) is 20.9 Å². The van der Waals surface area contributed by atoms with Crippen LogP contribution in [0.1, 0.15) is 25.0 Å². The average Bonchev–Trinajstić information content (AvgIpc) is 2.71. The van der Waals surface area contributed by atoms with Crippen LogP contribution < -0.4 is 0 Å². The van der Waals surface area contributed by atoms with E-state index in [4.69, 9.17) is 19.4 Å².